The Kier molecular flexibility index (Phi) is 9.02. The van der Waals surface area contributed by atoms with Crippen molar-refractivity contribution in [1.82, 2.24) is 15.5 Å². The average molecular weight is 454 g/mol. The Labute approximate surface area is 196 Å². The molecule has 0 heterocycles. The van der Waals surface area contributed by atoms with Gasteiger partial charge in [0.25, 0.3) is 0 Å². The maximum Gasteiger partial charge on any atom is 0.408 e. The van der Waals surface area contributed by atoms with Gasteiger partial charge in [0.05, 0.1) is 0 Å². The molecule has 2 rings (SSSR count). The number of carbonyl (C=O) groups is 3. The van der Waals surface area contributed by atoms with Gasteiger partial charge in [0.2, 0.25) is 11.8 Å². The van der Waals surface area contributed by atoms with Gasteiger partial charge in [0.15, 0.2) is 0 Å². The van der Waals surface area contributed by atoms with E-state index in [2.05, 4.69) is 10.6 Å². The first-order chi connectivity index (χ1) is 15.5. The van der Waals surface area contributed by atoms with Crippen molar-refractivity contribution in [3.05, 3.63) is 70.8 Å². The SMILES string of the molecule is CCN(C(=O)CNC(=O)OC(C)(C)C)C(C(=O)NCc1ccccc1)c1ccc(C)c(C)c1. The third kappa shape index (κ3) is 7.93. The summed E-state index contributed by atoms with van der Waals surface area (Å²) < 4.78 is 5.21. The van der Waals surface area contributed by atoms with Crippen LogP contribution in [0.1, 0.15) is 56.0 Å². The third-order valence-electron chi connectivity index (χ3n) is 5.16. The second-order valence-electron chi connectivity index (χ2n) is 8.98. The predicted molar refractivity (Wildman–Crippen MR) is 129 cm³/mol. The minimum Gasteiger partial charge on any atom is -0.444 e. The molecule has 33 heavy (non-hydrogen) atoms. The number of aryl methyl sites for hydroxylation is 2. The van der Waals surface area contributed by atoms with Gasteiger partial charge < -0.3 is 20.3 Å². The summed E-state index contributed by atoms with van der Waals surface area (Å²) in [5, 5.41) is 5.45. The van der Waals surface area contributed by atoms with E-state index >= 15 is 0 Å². The van der Waals surface area contributed by atoms with Gasteiger partial charge in [-0.05, 0) is 63.8 Å². The topological polar surface area (TPSA) is 87.7 Å². The smallest absolute Gasteiger partial charge is 0.408 e. The molecule has 0 spiro atoms. The summed E-state index contributed by atoms with van der Waals surface area (Å²) in [7, 11) is 0. The number of nitrogens with one attached hydrogen (secondary N) is 2. The second-order valence-corrected chi connectivity index (χ2v) is 8.98. The molecule has 0 saturated carbocycles. The van der Waals surface area contributed by atoms with Crippen molar-refractivity contribution in [2.24, 2.45) is 0 Å². The number of rotatable bonds is 8. The largest absolute Gasteiger partial charge is 0.444 e. The molecule has 1 atom stereocenters. The number of alkyl carbamates (subject to hydrolysis) is 1. The lowest BCUT2D eigenvalue weighted by molar-refractivity contribution is -0.140. The number of likely N-dealkylation sites (N-methyl/N-ethyl adjacent to an activating group) is 1. The molecule has 178 valence electrons. The maximum absolute atomic E-state index is 13.3. The van der Waals surface area contributed by atoms with E-state index in [1.807, 2.05) is 69.3 Å². The fraction of sp³-hybridized carbons (Fsp3) is 0.423. The Morgan fingerprint density at radius 3 is 2.21 bits per heavy atom. The van der Waals surface area contributed by atoms with Crippen LogP contribution in [-0.4, -0.2) is 41.5 Å². The van der Waals surface area contributed by atoms with Gasteiger partial charge in [-0.1, -0.05) is 48.5 Å². The van der Waals surface area contributed by atoms with E-state index in [1.165, 1.54) is 4.90 Å². The van der Waals surface area contributed by atoms with Crippen molar-refractivity contribution < 1.29 is 19.1 Å². The molecule has 3 amide bonds. The molecule has 0 radical (unpaired) electrons. The van der Waals surface area contributed by atoms with Crippen LogP contribution >= 0.6 is 0 Å². The summed E-state index contributed by atoms with van der Waals surface area (Å²) in [5.74, 6) is -0.656. The van der Waals surface area contributed by atoms with Gasteiger partial charge in [-0.15, -0.1) is 0 Å². The van der Waals surface area contributed by atoms with Crippen LogP contribution in [0.4, 0.5) is 4.79 Å². The zero-order valence-corrected chi connectivity index (χ0v) is 20.4. The molecule has 0 fully saturated rings. The predicted octanol–water partition coefficient (Wildman–Crippen LogP) is 4.03. The second kappa shape index (κ2) is 11.5. The molecule has 0 aliphatic heterocycles. The lowest BCUT2D eigenvalue weighted by atomic mass is 9.99. The van der Waals surface area contributed by atoms with Crippen LogP contribution in [0.25, 0.3) is 0 Å². The molecule has 1 unspecified atom stereocenters. The molecule has 2 aromatic carbocycles. The average Bonchev–Trinajstić information content (AvgIpc) is 2.75. The maximum atomic E-state index is 13.3. The number of ether oxygens (including phenoxy) is 1. The van der Waals surface area contributed by atoms with E-state index in [0.717, 1.165) is 22.3 Å². The fourth-order valence-electron chi connectivity index (χ4n) is 3.36. The highest BCUT2D eigenvalue weighted by molar-refractivity contribution is 5.90. The summed E-state index contributed by atoms with van der Waals surface area (Å²) in [6.07, 6.45) is -0.678. The Morgan fingerprint density at radius 1 is 0.970 bits per heavy atom. The number of amides is 3. The lowest BCUT2D eigenvalue weighted by Crippen LogP contribution is -2.47. The molecule has 2 N–H and O–H groups in total. The summed E-state index contributed by atoms with van der Waals surface area (Å²) >= 11 is 0. The van der Waals surface area contributed by atoms with Crippen LogP contribution < -0.4 is 10.6 Å². The van der Waals surface area contributed by atoms with E-state index < -0.39 is 17.7 Å². The zero-order valence-electron chi connectivity index (χ0n) is 20.4. The quantitative estimate of drug-likeness (QED) is 0.632. The van der Waals surface area contributed by atoms with E-state index in [-0.39, 0.29) is 18.4 Å². The molecular weight excluding hydrogens is 418 g/mol. The van der Waals surface area contributed by atoms with Crippen LogP contribution in [0, 0.1) is 13.8 Å². The highest BCUT2D eigenvalue weighted by Gasteiger charge is 2.31. The van der Waals surface area contributed by atoms with Gasteiger partial charge >= 0.3 is 6.09 Å². The lowest BCUT2D eigenvalue weighted by Gasteiger charge is -2.31. The molecule has 0 bridgehead atoms. The standard InChI is InChI=1S/C26H35N3O4/c1-7-29(22(30)17-28-25(32)33-26(4,5)6)23(21-14-13-18(2)19(3)15-21)24(31)27-16-20-11-9-8-10-12-20/h8-15,23H,7,16-17H2,1-6H3,(H,27,31)(H,28,32). The first kappa shape index (κ1) is 25.9. The molecule has 0 aliphatic carbocycles. The zero-order chi connectivity index (χ0) is 24.6. The molecular formula is C26H35N3O4. The van der Waals surface area contributed by atoms with Crippen LogP contribution in [-0.2, 0) is 20.9 Å². The first-order valence-corrected chi connectivity index (χ1v) is 11.2. The molecule has 0 aromatic heterocycles. The van der Waals surface area contributed by atoms with Gasteiger partial charge in [0, 0.05) is 13.1 Å². The minimum absolute atomic E-state index is 0.268. The van der Waals surface area contributed by atoms with E-state index in [9.17, 15) is 14.4 Å². The number of benzene rings is 2. The Morgan fingerprint density at radius 2 is 1.64 bits per heavy atom. The highest BCUT2D eigenvalue weighted by atomic mass is 16.6. The summed E-state index contributed by atoms with van der Waals surface area (Å²) in [5.41, 5.74) is 3.14. The number of hydrogen-bond donors (Lipinski definition) is 2. The van der Waals surface area contributed by atoms with Crippen molar-refractivity contribution in [2.75, 3.05) is 13.1 Å². The number of carbonyl (C=O) groups excluding carboxylic acids is 3. The van der Waals surface area contributed by atoms with E-state index in [1.54, 1.807) is 20.8 Å². The van der Waals surface area contributed by atoms with Gasteiger partial charge in [0.1, 0.15) is 18.2 Å². The summed E-state index contributed by atoms with van der Waals surface area (Å²) in [6.45, 7) is 11.4. The van der Waals surface area contributed by atoms with Crippen LogP contribution in [0.3, 0.4) is 0 Å². The Balaban J connectivity index is 2.23. The van der Waals surface area contributed by atoms with Crippen LogP contribution in [0.2, 0.25) is 0 Å². The van der Waals surface area contributed by atoms with E-state index in [4.69, 9.17) is 4.74 Å². The summed E-state index contributed by atoms with van der Waals surface area (Å²) in [4.78, 5) is 39.9. The molecule has 2 aromatic rings. The van der Waals surface area contributed by atoms with E-state index in [0.29, 0.717) is 13.1 Å². The number of hydrogen-bond acceptors (Lipinski definition) is 4. The van der Waals surface area contributed by atoms with Gasteiger partial charge in [-0.2, -0.15) is 0 Å². The third-order valence-corrected chi connectivity index (χ3v) is 5.16. The minimum atomic E-state index is -0.828. The van der Waals surface area contributed by atoms with Crippen molar-refractivity contribution >= 4 is 17.9 Å². The monoisotopic (exact) mass is 453 g/mol. The summed E-state index contributed by atoms with van der Waals surface area (Å²) in [6, 6.07) is 14.5. The van der Waals surface area contributed by atoms with Crippen molar-refractivity contribution in [2.45, 2.75) is 59.7 Å². The number of nitrogens with zero attached hydrogens (tertiary/aromatic N) is 1. The first-order valence-electron chi connectivity index (χ1n) is 11.2. The Bertz CT molecular complexity index is 967. The Hall–Kier alpha value is -3.35. The van der Waals surface area contributed by atoms with Crippen molar-refractivity contribution in [3.8, 4) is 0 Å². The molecule has 7 heteroatoms. The van der Waals surface area contributed by atoms with Gasteiger partial charge in [-0.25, -0.2) is 4.79 Å². The van der Waals surface area contributed by atoms with Crippen molar-refractivity contribution in [1.29, 1.82) is 0 Å². The molecule has 7 nitrogen and oxygen atoms in total. The molecule has 0 saturated heterocycles. The normalized spacial score (nSPS) is 11.9. The highest BCUT2D eigenvalue weighted by Crippen LogP contribution is 2.24. The van der Waals surface area contributed by atoms with Crippen LogP contribution in [0.15, 0.2) is 48.5 Å². The van der Waals surface area contributed by atoms with Crippen molar-refractivity contribution in [3.63, 3.8) is 0 Å². The van der Waals surface area contributed by atoms with Crippen LogP contribution in [0.5, 0.6) is 0 Å². The van der Waals surface area contributed by atoms with Gasteiger partial charge in [-0.3, -0.25) is 9.59 Å². The fourth-order valence-corrected chi connectivity index (χ4v) is 3.36. The molecule has 0 aliphatic rings.